The second kappa shape index (κ2) is 5.69. The highest BCUT2D eigenvalue weighted by molar-refractivity contribution is 9.10. The number of benzene rings is 1. The quantitative estimate of drug-likeness (QED) is 0.889. The van der Waals surface area contributed by atoms with Crippen molar-refractivity contribution in [2.45, 2.75) is 42.7 Å². The summed E-state index contributed by atoms with van der Waals surface area (Å²) in [7, 11) is -3.50. The van der Waals surface area contributed by atoms with Crippen LogP contribution < -0.4 is 4.72 Å². The van der Waals surface area contributed by atoms with E-state index in [4.69, 9.17) is 0 Å². The second-order valence-electron chi connectivity index (χ2n) is 4.60. The molecule has 2 N–H and O–H groups in total. The first kappa shape index (κ1) is 14.0. The van der Waals surface area contributed by atoms with Crippen molar-refractivity contribution in [1.29, 1.82) is 0 Å². The van der Waals surface area contributed by atoms with E-state index >= 15 is 0 Å². The van der Waals surface area contributed by atoms with Crippen LogP contribution in [-0.4, -0.2) is 25.7 Å². The van der Waals surface area contributed by atoms with E-state index in [1.165, 1.54) is 0 Å². The van der Waals surface area contributed by atoms with E-state index in [1.54, 1.807) is 24.3 Å². The zero-order chi connectivity index (χ0) is 13.2. The summed E-state index contributed by atoms with van der Waals surface area (Å²) < 4.78 is 27.7. The maximum absolute atomic E-state index is 12.1. The topological polar surface area (TPSA) is 66.4 Å². The van der Waals surface area contributed by atoms with Crippen LogP contribution in [0.2, 0.25) is 0 Å². The Hall–Kier alpha value is -0.430. The summed E-state index contributed by atoms with van der Waals surface area (Å²) in [6.07, 6.45) is 2.49. The number of hydrogen-bond donors (Lipinski definition) is 2. The third-order valence-electron chi connectivity index (χ3n) is 3.07. The fourth-order valence-corrected chi connectivity index (χ4v) is 4.07. The molecular formula is C12H16BrNO3S. The molecule has 2 unspecified atom stereocenters. The number of aliphatic hydroxyl groups excluding tert-OH is 1. The Morgan fingerprint density at radius 3 is 2.78 bits per heavy atom. The van der Waals surface area contributed by atoms with Gasteiger partial charge >= 0.3 is 0 Å². The van der Waals surface area contributed by atoms with Gasteiger partial charge in [0.2, 0.25) is 10.0 Å². The fraction of sp³-hybridized carbons (Fsp3) is 0.500. The molecule has 0 aliphatic heterocycles. The molecule has 4 nitrogen and oxygen atoms in total. The summed E-state index contributed by atoms with van der Waals surface area (Å²) in [4.78, 5) is 0.247. The van der Waals surface area contributed by atoms with Crippen LogP contribution in [0.25, 0.3) is 0 Å². The van der Waals surface area contributed by atoms with Gasteiger partial charge in [0.15, 0.2) is 0 Å². The summed E-state index contributed by atoms with van der Waals surface area (Å²) in [6, 6.07) is 6.43. The standard InChI is InChI=1S/C12H16BrNO3S/c13-9-3-1-6-12(7-9)18(16,17)14-10-4-2-5-11(15)8-10/h1,3,6-7,10-11,14-15H,2,4-5,8H2. The van der Waals surface area contributed by atoms with Gasteiger partial charge in [0.1, 0.15) is 0 Å². The minimum absolute atomic E-state index is 0.169. The Balaban J connectivity index is 2.12. The lowest BCUT2D eigenvalue weighted by Crippen LogP contribution is -2.39. The maximum Gasteiger partial charge on any atom is 0.240 e. The lowest BCUT2D eigenvalue weighted by Gasteiger charge is -2.26. The molecule has 1 aromatic carbocycles. The molecule has 0 bridgehead atoms. The predicted molar refractivity (Wildman–Crippen MR) is 72.7 cm³/mol. The zero-order valence-electron chi connectivity index (χ0n) is 9.84. The van der Waals surface area contributed by atoms with E-state index in [0.29, 0.717) is 6.42 Å². The van der Waals surface area contributed by atoms with Crippen LogP contribution in [0.3, 0.4) is 0 Å². The molecule has 0 spiro atoms. The summed E-state index contributed by atoms with van der Waals surface area (Å²) >= 11 is 3.26. The molecule has 18 heavy (non-hydrogen) atoms. The molecule has 1 aromatic rings. The lowest BCUT2D eigenvalue weighted by atomic mass is 9.94. The van der Waals surface area contributed by atoms with Gasteiger partial charge in [-0.1, -0.05) is 22.0 Å². The largest absolute Gasteiger partial charge is 0.393 e. The second-order valence-corrected chi connectivity index (χ2v) is 7.23. The van der Waals surface area contributed by atoms with Crippen molar-refractivity contribution in [3.05, 3.63) is 28.7 Å². The molecular weight excluding hydrogens is 318 g/mol. The van der Waals surface area contributed by atoms with Crippen LogP contribution in [0, 0.1) is 0 Å². The van der Waals surface area contributed by atoms with Gasteiger partial charge < -0.3 is 5.11 Å². The van der Waals surface area contributed by atoms with Gasteiger partial charge in [-0.3, -0.25) is 0 Å². The number of hydrogen-bond acceptors (Lipinski definition) is 3. The molecule has 1 fully saturated rings. The van der Waals surface area contributed by atoms with Gasteiger partial charge in [-0.2, -0.15) is 0 Å². The first-order chi connectivity index (χ1) is 8.47. The first-order valence-corrected chi connectivity index (χ1v) is 8.21. The minimum atomic E-state index is -3.50. The van der Waals surface area contributed by atoms with Crippen molar-refractivity contribution in [2.24, 2.45) is 0 Å². The van der Waals surface area contributed by atoms with Gasteiger partial charge in [-0.05, 0) is 43.9 Å². The Labute approximate surface area is 116 Å². The SMILES string of the molecule is O=S(=O)(NC1CCCC(O)C1)c1cccc(Br)c1. The number of aliphatic hydroxyl groups is 1. The van der Waals surface area contributed by atoms with Crippen LogP contribution in [0.15, 0.2) is 33.6 Å². The van der Waals surface area contributed by atoms with Crippen LogP contribution >= 0.6 is 15.9 Å². The summed E-state index contributed by atoms with van der Waals surface area (Å²) in [6.45, 7) is 0. The van der Waals surface area contributed by atoms with E-state index in [9.17, 15) is 13.5 Å². The van der Waals surface area contributed by atoms with E-state index in [0.717, 1.165) is 23.7 Å². The Bertz CT molecular complexity index is 518. The Morgan fingerprint density at radius 1 is 1.33 bits per heavy atom. The number of sulfonamides is 1. The number of nitrogens with one attached hydrogen (secondary N) is 1. The highest BCUT2D eigenvalue weighted by atomic mass is 79.9. The molecule has 2 rings (SSSR count). The average molecular weight is 334 g/mol. The zero-order valence-corrected chi connectivity index (χ0v) is 12.2. The van der Waals surface area contributed by atoms with Gasteiger partial charge in [0.25, 0.3) is 0 Å². The molecule has 6 heteroatoms. The lowest BCUT2D eigenvalue weighted by molar-refractivity contribution is 0.117. The van der Waals surface area contributed by atoms with Crippen LogP contribution in [0.5, 0.6) is 0 Å². The monoisotopic (exact) mass is 333 g/mol. The molecule has 0 radical (unpaired) electrons. The number of halogens is 1. The molecule has 1 saturated carbocycles. The normalized spacial score (nSPS) is 25.0. The van der Waals surface area contributed by atoms with Gasteiger partial charge in [-0.15, -0.1) is 0 Å². The molecule has 0 amide bonds. The average Bonchev–Trinajstić information content (AvgIpc) is 2.28. The predicted octanol–water partition coefficient (Wildman–Crippen LogP) is 2.03. The maximum atomic E-state index is 12.1. The molecule has 0 aromatic heterocycles. The van der Waals surface area contributed by atoms with E-state index in [-0.39, 0.29) is 10.9 Å². The van der Waals surface area contributed by atoms with Crippen molar-refractivity contribution in [3.8, 4) is 0 Å². The molecule has 1 aliphatic rings. The van der Waals surface area contributed by atoms with Crippen molar-refractivity contribution >= 4 is 26.0 Å². The van der Waals surface area contributed by atoms with Crippen molar-refractivity contribution in [3.63, 3.8) is 0 Å². The Kier molecular flexibility index (Phi) is 4.42. The van der Waals surface area contributed by atoms with Crippen molar-refractivity contribution < 1.29 is 13.5 Å². The van der Waals surface area contributed by atoms with E-state index in [1.807, 2.05) is 0 Å². The van der Waals surface area contributed by atoms with Crippen LogP contribution in [-0.2, 0) is 10.0 Å². The highest BCUT2D eigenvalue weighted by Gasteiger charge is 2.25. The van der Waals surface area contributed by atoms with Crippen molar-refractivity contribution in [2.75, 3.05) is 0 Å². The van der Waals surface area contributed by atoms with Gasteiger partial charge in [0.05, 0.1) is 11.0 Å². The first-order valence-electron chi connectivity index (χ1n) is 5.93. The van der Waals surface area contributed by atoms with Gasteiger partial charge in [0, 0.05) is 10.5 Å². The fourth-order valence-electron chi connectivity index (χ4n) is 2.19. The van der Waals surface area contributed by atoms with Crippen molar-refractivity contribution in [1.82, 2.24) is 4.72 Å². The Morgan fingerprint density at radius 2 is 2.11 bits per heavy atom. The molecule has 1 aliphatic carbocycles. The summed E-state index contributed by atoms with van der Waals surface area (Å²) in [5.41, 5.74) is 0. The number of rotatable bonds is 3. The summed E-state index contributed by atoms with van der Waals surface area (Å²) in [5, 5.41) is 9.55. The van der Waals surface area contributed by atoms with Gasteiger partial charge in [-0.25, -0.2) is 13.1 Å². The summed E-state index contributed by atoms with van der Waals surface area (Å²) in [5.74, 6) is 0. The third-order valence-corrected chi connectivity index (χ3v) is 5.09. The molecule has 0 heterocycles. The molecule has 100 valence electrons. The third kappa shape index (κ3) is 3.54. The smallest absolute Gasteiger partial charge is 0.240 e. The van der Waals surface area contributed by atoms with Crippen LogP contribution in [0.1, 0.15) is 25.7 Å². The highest BCUT2D eigenvalue weighted by Crippen LogP contribution is 2.21. The minimum Gasteiger partial charge on any atom is -0.393 e. The van der Waals surface area contributed by atoms with Crippen LogP contribution in [0.4, 0.5) is 0 Å². The molecule has 2 atom stereocenters. The van der Waals surface area contributed by atoms with E-state index in [2.05, 4.69) is 20.7 Å². The molecule has 0 saturated heterocycles. The van der Waals surface area contributed by atoms with E-state index < -0.39 is 16.1 Å².